The minimum Gasteiger partial charge on any atom is -0.289 e. The molecule has 4 rings (SSSR count). The van der Waals surface area contributed by atoms with Crippen LogP contribution in [0.25, 0.3) is 10.2 Å². The summed E-state index contributed by atoms with van der Waals surface area (Å²) in [6.45, 7) is 6.42. The van der Waals surface area contributed by atoms with Gasteiger partial charge >= 0.3 is 0 Å². The van der Waals surface area contributed by atoms with Crippen LogP contribution in [0.15, 0.2) is 40.5 Å². The van der Waals surface area contributed by atoms with Gasteiger partial charge in [0.05, 0.1) is 17.9 Å². The van der Waals surface area contributed by atoms with Crippen molar-refractivity contribution in [3.05, 3.63) is 62.5 Å². The van der Waals surface area contributed by atoms with Crippen LogP contribution in [0.4, 0.5) is 0 Å². The zero-order valence-corrected chi connectivity index (χ0v) is 18.3. The highest BCUT2D eigenvalue weighted by atomic mass is 32.1. The second kappa shape index (κ2) is 8.52. The summed E-state index contributed by atoms with van der Waals surface area (Å²) in [7, 11) is 0. The SMILES string of the molecule is CC1CCc2c(sc3ncn(CC(=O)N/N=C\c4ccc(C(C)C)cc4)c(=O)c23)C1. The zero-order chi connectivity index (χ0) is 21.3. The minimum absolute atomic E-state index is 0.105. The Labute approximate surface area is 179 Å². The number of thiophene rings is 1. The monoisotopic (exact) mass is 422 g/mol. The number of hydrazone groups is 1. The molecule has 0 saturated carbocycles. The fraction of sp³-hybridized carbons (Fsp3) is 0.391. The molecule has 0 fully saturated rings. The second-order valence-corrected chi connectivity index (χ2v) is 9.41. The van der Waals surface area contributed by atoms with E-state index in [0.29, 0.717) is 17.2 Å². The lowest BCUT2D eigenvalue weighted by Gasteiger charge is -2.17. The molecule has 2 heterocycles. The molecule has 7 heteroatoms. The molecule has 30 heavy (non-hydrogen) atoms. The fourth-order valence-electron chi connectivity index (χ4n) is 3.81. The van der Waals surface area contributed by atoms with Gasteiger partial charge in [-0.05, 0) is 47.8 Å². The number of rotatable bonds is 5. The first-order valence-electron chi connectivity index (χ1n) is 10.3. The van der Waals surface area contributed by atoms with Gasteiger partial charge in [0.2, 0.25) is 0 Å². The quantitative estimate of drug-likeness (QED) is 0.501. The smallest absolute Gasteiger partial charge is 0.262 e. The lowest BCUT2D eigenvalue weighted by Crippen LogP contribution is -2.30. The number of hydrogen-bond acceptors (Lipinski definition) is 5. The number of aryl methyl sites for hydroxylation is 1. The zero-order valence-electron chi connectivity index (χ0n) is 17.5. The van der Waals surface area contributed by atoms with Gasteiger partial charge in [-0.1, -0.05) is 45.0 Å². The molecular formula is C23H26N4O2S. The van der Waals surface area contributed by atoms with Crippen molar-refractivity contribution < 1.29 is 4.79 Å². The lowest BCUT2D eigenvalue weighted by atomic mass is 9.89. The first-order chi connectivity index (χ1) is 14.4. The number of amides is 1. The number of aromatic nitrogens is 2. The van der Waals surface area contributed by atoms with Crippen molar-refractivity contribution in [3.8, 4) is 0 Å². The molecule has 3 aromatic rings. The molecule has 1 atom stereocenters. The largest absolute Gasteiger partial charge is 0.289 e. The van der Waals surface area contributed by atoms with E-state index in [-0.39, 0.29) is 18.0 Å². The van der Waals surface area contributed by atoms with Crippen LogP contribution in [0.1, 0.15) is 54.7 Å². The van der Waals surface area contributed by atoms with E-state index in [2.05, 4.69) is 48.4 Å². The molecule has 0 bridgehead atoms. The van der Waals surface area contributed by atoms with Crippen LogP contribution in [0.5, 0.6) is 0 Å². The van der Waals surface area contributed by atoms with Crippen LogP contribution >= 0.6 is 11.3 Å². The van der Waals surface area contributed by atoms with Gasteiger partial charge in [-0.15, -0.1) is 11.3 Å². The lowest BCUT2D eigenvalue weighted by molar-refractivity contribution is -0.121. The van der Waals surface area contributed by atoms with Crippen LogP contribution in [-0.2, 0) is 24.2 Å². The van der Waals surface area contributed by atoms with Gasteiger partial charge in [0.15, 0.2) is 0 Å². The summed E-state index contributed by atoms with van der Waals surface area (Å²) >= 11 is 1.61. The standard InChI is InChI=1S/C23H26N4O2S/c1-14(2)17-7-5-16(6-8-17)11-25-26-20(28)12-27-13-24-22-21(23(27)29)18-9-4-15(3)10-19(18)30-22/h5-8,11,13-15H,4,9-10,12H2,1-3H3,(H,26,28)/b25-11-. The molecule has 0 radical (unpaired) electrons. The van der Waals surface area contributed by atoms with E-state index in [1.807, 2.05) is 12.1 Å². The van der Waals surface area contributed by atoms with E-state index >= 15 is 0 Å². The number of carbonyl (C=O) groups excluding carboxylic acids is 1. The van der Waals surface area contributed by atoms with Gasteiger partial charge in [-0.2, -0.15) is 5.10 Å². The van der Waals surface area contributed by atoms with E-state index in [1.54, 1.807) is 17.6 Å². The molecule has 1 amide bonds. The van der Waals surface area contributed by atoms with Crippen molar-refractivity contribution in [1.82, 2.24) is 15.0 Å². The summed E-state index contributed by atoms with van der Waals surface area (Å²) < 4.78 is 1.37. The molecule has 0 spiro atoms. The molecule has 156 valence electrons. The highest BCUT2D eigenvalue weighted by Gasteiger charge is 2.23. The van der Waals surface area contributed by atoms with Crippen LogP contribution in [0.2, 0.25) is 0 Å². The first-order valence-corrected chi connectivity index (χ1v) is 11.2. The molecule has 6 nitrogen and oxygen atoms in total. The Hall–Kier alpha value is -2.80. The van der Waals surface area contributed by atoms with Crippen molar-refractivity contribution in [1.29, 1.82) is 0 Å². The Morgan fingerprint density at radius 3 is 2.87 bits per heavy atom. The average Bonchev–Trinajstić information content (AvgIpc) is 3.08. The predicted octanol–water partition coefficient (Wildman–Crippen LogP) is 3.86. The van der Waals surface area contributed by atoms with E-state index < -0.39 is 0 Å². The van der Waals surface area contributed by atoms with E-state index in [1.165, 1.54) is 21.3 Å². The molecule has 0 aliphatic heterocycles. The van der Waals surface area contributed by atoms with Crippen LogP contribution in [0, 0.1) is 5.92 Å². The normalized spacial score (nSPS) is 16.3. The Balaban J connectivity index is 1.45. The summed E-state index contributed by atoms with van der Waals surface area (Å²) in [5.41, 5.74) is 5.64. The first kappa shape index (κ1) is 20.5. The maximum Gasteiger partial charge on any atom is 0.262 e. The molecule has 1 aromatic carbocycles. The third kappa shape index (κ3) is 4.21. The molecule has 2 aromatic heterocycles. The number of hydrogen-bond donors (Lipinski definition) is 1. The van der Waals surface area contributed by atoms with E-state index in [4.69, 9.17) is 0 Å². The summed E-state index contributed by atoms with van der Waals surface area (Å²) in [5.74, 6) is 0.751. The van der Waals surface area contributed by atoms with Crippen molar-refractivity contribution in [2.75, 3.05) is 0 Å². The highest BCUT2D eigenvalue weighted by Crippen LogP contribution is 2.35. The van der Waals surface area contributed by atoms with Gasteiger partial charge in [0.1, 0.15) is 11.4 Å². The predicted molar refractivity (Wildman–Crippen MR) is 121 cm³/mol. The van der Waals surface area contributed by atoms with Crippen molar-refractivity contribution >= 4 is 33.7 Å². The van der Waals surface area contributed by atoms with Gasteiger partial charge in [0, 0.05) is 4.88 Å². The van der Waals surface area contributed by atoms with E-state index in [0.717, 1.165) is 35.2 Å². The Bertz CT molecular complexity index is 1160. The maximum atomic E-state index is 13.0. The maximum absolute atomic E-state index is 13.0. The van der Waals surface area contributed by atoms with Gasteiger partial charge in [0.25, 0.3) is 11.5 Å². The van der Waals surface area contributed by atoms with Gasteiger partial charge in [-0.3, -0.25) is 14.2 Å². The topological polar surface area (TPSA) is 76.3 Å². The van der Waals surface area contributed by atoms with Crippen LogP contribution < -0.4 is 11.0 Å². The molecule has 1 N–H and O–H groups in total. The number of benzene rings is 1. The highest BCUT2D eigenvalue weighted by molar-refractivity contribution is 7.18. The minimum atomic E-state index is -0.356. The summed E-state index contributed by atoms with van der Waals surface area (Å²) in [5, 5.41) is 4.70. The third-order valence-corrected chi connectivity index (χ3v) is 6.76. The Morgan fingerprint density at radius 1 is 1.37 bits per heavy atom. The number of carbonyl (C=O) groups is 1. The number of nitrogens with one attached hydrogen (secondary N) is 1. The van der Waals surface area contributed by atoms with Crippen molar-refractivity contribution in [3.63, 3.8) is 0 Å². The molecular weight excluding hydrogens is 396 g/mol. The summed E-state index contributed by atoms with van der Waals surface area (Å²) in [6, 6.07) is 8.04. The van der Waals surface area contributed by atoms with Gasteiger partial charge < -0.3 is 0 Å². The van der Waals surface area contributed by atoms with Crippen molar-refractivity contribution in [2.45, 2.75) is 52.5 Å². The Kier molecular flexibility index (Phi) is 5.81. The number of fused-ring (bicyclic) bond motifs is 3. The molecule has 1 unspecified atom stereocenters. The van der Waals surface area contributed by atoms with Gasteiger partial charge in [-0.25, -0.2) is 10.4 Å². The second-order valence-electron chi connectivity index (χ2n) is 8.32. The summed E-state index contributed by atoms with van der Waals surface area (Å²) in [4.78, 5) is 31.7. The molecule has 0 saturated heterocycles. The Morgan fingerprint density at radius 2 is 2.13 bits per heavy atom. The third-order valence-electron chi connectivity index (χ3n) is 5.60. The van der Waals surface area contributed by atoms with E-state index in [9.17, 15) is 9.59 Å². The fourth-order valence-corrected chi connectivity index (χ4v) is 5.16. The van der Waals surface area contributed by atoms with Crippen LogP contribution in [0.3, 0.4) is 0 Å². The summed E-state index contributed by atoms with van der Waals surface area (Å²) in [6.07, 6.45) is 6.06. The van der Waals surface area contributed by atoms with Crippen LogP contribution in [-0.4, -0.2) is 21.7 Å². The molecule has 1 aliphatic rings. The average molecular weight is 423 g/mol. The number of nitrogens with zero attached hydrogens (tertiary/aromatic N) is 3. The van der Waals surface area contributed by atoms with Crippen molar-refractivity contribution in [2.24, 2.45) is 11.0 Å². The molecule has 1 aliphatic carbocycles.